The van der Waals surface area contributed by atoms with Crippen LogP contribution in [0.2, 0.25) is 0 Å². The molecule has 0 radical (unpaired) electrons. The molecule has 0 atom stereocenters. The fourth-order valence-electron chi connectivity index (χ4n) is 2.37. The Morgan fingerprint density at radius 3 is 3.06 bits per heavy atom. The molecule has 0 saturated carbocycles. The number of nitrogens with zero attached hydrogens (tertiary/aromatic N) is 2. The Morgan fingerprint density at radius 2 is 2.06 bits per heavy atom. The van der Waals surface area contributed by atoms with E-state index in [0.717, 1.165) is 33.6 Å². The smallest absolute Gasteiger partial charge is 0.171 e. The molecule has 0 bridgehead atoms. The van der Waals surface area contributed by atoms with Crippen molar-refractivity contribution < 1.29 is 4.74 Å². The quantitative estimate of drug-likeness (QED) is 0.599. The van der Waals surface area contributed by atoms with Gasteiger partial charge in [0, 0.05) is 17.1 Å². The lowest BCUT2D eigenvalue weighted by Gasteiger charge is -2.10. The van der Waals surface area contributed by atoms with Crippen molar-refractivity contribution in [2.45, 2.75) is 0 Å². The summed E-state index contributed by atoms with van der Waals surface area (Å²) in [5.74, 6) is 0.786. The molecule has 0 unspecified atom stereocenters. The second-order valence-corrected chi connectivity index (χ2v) is 4.26. The van der Waals surface area contributed by atoms with Gasteiger partial charge in [0.15, 0.2) is 5.75 Å². The Morgan fingerprint density at radius 1 is 1.11 bits per heavy atom. The first-order valence-electron chi connectivity index (χ1n) is 5.90. The van der Waals surface area contributed by atoms with E-state index in [1.807, 2.05) is 42.6 Å². The molecular weight excluding hydrogens is 224 g/mol. The molecule has 0 aromatic heterocycles. The van der Waals surface area contributed by atoms with Crippen molar-refractivity contribution in [1.29, 1.82) is 0 Å². The largest absolute Gasteiger partial charge is 0.485 e. The van der Waals surface area contributed by atoms with E-state index in [2.05, 4.69) is 16.0 Å². The standard InChI is InChI=1S/C15H10N2O/c1-2-5-12-10(4-1)11-7-8-16-13-6-3-9-18-15(13)14(11)17-12/h1-8H,9H2. The maximum atomic E-state index is 5.71. The summed E-state index contributed by atoms with van der Waals surface area (Å²) >= 11 is 0. The minimum Gasteiger partial charge on any atom is -0.485 e. The fraction of sp³-hybridized carbons (Fsp3) is 0.0667. The van der Waals surface area contributed by atoms with Crippen LogP contribution in [0.15, 0.2) is 42.6 Å². The van der Waals surface area contributed by atoms with Crippen molar-refractivity contribution in [3.8, 4) is 17.0 Å². The summed E-state index contributed by atoms with van der Waals surface area (Å²) in [5.41, 5.74) is 3.83. The summed E-state index contributed by atoms with van der Waals surface area (Å²) < 4.78 is 5.71. The number of para-hydroxylation sites is 1. The lowest BCUT2D eigenvalue weighted by Crippen LogP contribution is -2.01. The van der Waals surface area contributed by atoms with E-state index in [1.165, 1.54) is 0 Å². The summed E-state index contributed by atoms with van der Waals surface area (Å²) in [5, 5.41) is 1.14. The number of benzene rings is 1. The lowest BCUT2D eigenvalue weighted by molar-refractivity contribution is 0.358. The van der Waals surface area contributed by atoms with Crippen LogP contribution in [0.3, 0.4) is 0 Å². The average Bonchev–Trinajstić information content (AvgIpc) is 2.69. The number of fused-ring (bicyclic) bond motifs is 5. The lowest BCUT2D eigenvalue weighted by atomic mass is 10.1. The third-order valence-corrected chi connectivity index (χ3v) is 3.18. The molecule has 3 heteroatoms. The molecule has 0 aliphatic carbocycles. The van der Waals surface area contributed by atoms with Gasteiger partial charge < -0.3 is 4.74 Å². The van der Waals surface area contributed by atoms with Crippen LogP contribution in [0.4, 0.5) is 0 Å². The first-order valence-corrected chi connectivity index (χ1v) is 5.90. The average molecular weight is 234 g/mol. The topological polar surface area (TPSA) is 35.0 Å². The minimum atomic E-state index is 0.580. The molecular formula is C15H10N2O. The van der Waals surface area contributed by atoms with Gasteiger partial charge in [-0.25, -0.2) is 4.98 Å². The minimum absolute atomic E-state index is 0.580. The second-order valence-electron chi connectivity index (χ2n) is 4.26. The summed E-state index contributed by atoms with van der Waals surface area (Å²) in [6.45, 7) is 0.580. The second kappa shape index (κ2) is 3.53. The van der Waals surface area contributed by atoms with Crippen LogP contribution in [0, 0.1) is 0 Å². The number of hydrogen-bond donors (Lipinski definition) is 0. The van der Waals surface area contributed by atoms with Crippen LogP contribution in [0.1, 0.15) is 5.69 Å². The molecule has 1 aromatic carbocycles. The van der Waals surface area contributed by atoms with E-state index in [1.54, 1.807) is 0 Å². The molecule has 18 heavy (non-hydrogen) atoms. The SMILES string of the molecule is C1=Cc2nccc3c4ccccc4nc-3c2OC1. The molecule has 0 spiro atoms. The van der Waals surface area contributed by atoms with Crippen LogP contribution in [0.25, 0.3) is 28.2 Å². The maximum absolute atomic E-state index is 5.71. The van der Waals surface area contributed by atoms with Gasteiger partial charge in [-0.1, -0.05) is 18.2 Å². The molecule has 3 nitrogen and oxygen atoms in total. The highest BCUT2D eigenvalue weighted by molar-refractivity contribution is 5.99. The van der Waals surface area contributed by atoms with Crippen LogP contribution in [-0.2, 0) is 0 Å². The summed E-state index contributed by atoms with van der Waals surface area (Å²) in [6.07, 6.45) is 5.76. The van der Waals surface area contributed by atoms with Crippen LogP contribution in [-0.4, -0.2) is 16.6 Å². The molecule has 1 aromatic rings. The molecule has 0 amide bonds. The van der Waals surface area contributed by atoms with Gasteiger partial charge in [-0.15, -0.1) is 0 Å². The first-order chi connectivity index (χ1) is 8.93. The fourth-order valence-corrected chi connectivity index (χ4v) is 2.37. The van der Waals surface area contributed by atoms with E-state index in [4.69, 9.17) is 4.74 Å². The number of ether oxygens (including phenoxy) is 1. The molecule has 4 rings (SSSR count). The molecule has 0 saturated heterocycles. The highest BCUT2D eigenvalue weighted by Crippen LogP contribution is 2.38. The van der Waals surface area contributed by atoms with Gasteiger partial charge in [0.25, 0.3) is 0 Å². The van der Waals surface area contributed by atoms with E-state index < -0.39 is 0 Å². The van der Waals surface area contributed by atoms with Crippen LogP contribution in [0.5, 0.6) is 5.75 Å². The molecule has 3 aliphatic rings. The Balaban J connectivity index is 2.16. The van der Waals surface area contributed by atoms with Crippen molar-refractivity contribution in [3.63, 3.8) is 0 Å². The van der Waals surface area contributed by atoms with Gasteiger partial charge >= 0.3 is 0 Å². The Bertz CT molecular complexity index is 749. The normalized spacial score (nSPS) is 13.6. The summed E-state index contributed by atoms with van der Waals surface area (Å²) in [7, 11) is 0. The Labute approximate surface area is 104 Å². The van der Waals surface area contributed by atoms with Crippen LogP contribution >= 0.6 is 0 Å². The zero-order valence-corrected chi connectivity index (χ0v) is 9.63. The van der Waals surface area contributed by atoms with Crippen molar-refractivity contribution in [1.82, 2.24) is 9.97 Å². The van der Waals surface area contributed by atoms with Crippen molar-refractivity contribution in [2.24, 2.45) is 0 Å². The van der Waals surface area contributed by atoms with Crippen molar-refractivity contribution in [3.05, 3.63) is 48.3 Å². The van der Waals surface area contributed by atoms with Crippen molar-refractivity contribution in [2.75, 3.05) is 6.61 Å². The van der Waals surface area contributed by atoms with E-state index in [9.17, 15) is 0 Å². The zero-order chi connectivity index (χ0) is 11.9. The predicted octanol–water partition coefficient (Wildman–Crippen LogP) is 3.14. The monoisotopic (exact) mass is 234 g/mol. The maximum Gasteiger partial charge on any atom is 0.171 e. The van der Waals surface area contributed by atoms with Gasteiger partial charge in [0.05, 0.1) is 5.52 Å². The molecule has 0 fully saturated rings. The van der Waals surface area contributed by atoms with Gasteiger partial charge in [-0.2, -0.15) is 0 Å². The Kier molecular flexibility index (Phi) is 1.88. The summed E-state index contributed by atoms with van der Waals surface area (Å²) in [6, 6.07) is 10.1. The van der Waals surface area contributed by atoms with E-state index in [0.29, 0.717) is 6.61 Å². The molecule has 3 aliphatic heterocycles. The van der Waals surface area contributed by atoms with Gasteiger partial charge in [-0.05, 0) is 24.3 Å². The highest BCUT2D eigenvalue weighted by Gasteiger charge is 2.19. The summed E-state index contributed by atoms with van der Waals surface area (Å²) in [4.78, 5) is 9.06. The highest BCUT2D eigenvalue weighted by atomic mass is 16.5. The zero-order valence-electron chi connectivity index (χ0n) is 9.63. The molecule has 0 N–H and O–H groups in total. The number of rotatable bonds is 0. The number of hydrogen-bond acceptors (Lipinski definition) is 3. The Hall–Kier alpha value is -2.42. The third-order valence-electron chi connectivity index (χ3n) is 3.18. The van der Waals surface area contributed by atoms with E-state index in [-0.39, 0.29) is 0 Å². The van der Waals surface area contributed by atoms with Crippen molar-refractivity contribution >= 4 is 17.0 Å². The number of aromatic nitrogens is 2. The van der Waals surface area contributed by atoms with Gasteiger partial charge in [-0.3, -0.25) is 4.98 Å². The van der Waals surface area contributed by atoms with E-state index >= 15 is 0 Å². The first kappa shape index (κ1) is 9.59. The van der Waals surface area contributed by atoms with Gasteiger partial charge in [0.1, 0.15) is 18.0 Å². The predicted molar refractivity (Wildman–Crippen MR) is 70.7 cm³/mol. The van der Waals surface area contributed by atoms with Crippen LogP contribution < -0.4 is 4.74 Å². The molecule has 3 heterocycles. The molecule has 86 valence electrons. The van der Waals surface area contributed by atoms with Gasteiger partial charge in [0.2, 0.25) is 0 Å². The third kappa shape index (κ3) is 1.24.